The number of hydrogen-bond donors (Lipinski definition) is 2. The predicted molar refractivity (Wildman–Crippen MR) is 76.3 cm³/mol. The quantitative estimate of drug-likeness (QED) is 0.813. The number of ketones is 1. The fraction of sp³-hybridized carbons (Fsp3) is 0.938. The van der Waals surface area contributed by atoms with E-state index in [1.54, 1.807) is 14.0 Å². The summed E-state index contributed by atoms with van der Waals surface area (Å²) in [6, 6.07) is 0. The van der Waals surface area contributed by atoms with Crippen molar-refractivity contribution < 1.29 is 19.7 Å². The van der Waals surface area contributed by atoms with Crippen LogP contribution < -0.4 is 0 Å². The van der Waals surface area contributed by atoms with Crippen molar-refractivity contribution in [1.29, 1.82) is 0 Å². The first kappa shape index (κ1) is 15.9. The highest BCUT2D eigenvalue weighted by Crippen LogP contribution is 2.55. The smallest absolute Gasteiger partial charge is 0.139 e. The molecule has 0 aromatic rings. The molecule has 5 atom stereocenters. The number of Topliss-reactive ketones (excluding diaryl/α,β-unsaturated/α-hetero) is 1. The summed E-state index contributed by atoms with van der Waals surface area (Å²) in [5.74, 6) is -0.0685. The molecule has 0 unspecified atom stereocenters. The number of methoxy groups -OCH3 is 1. The molecule has 2 aliphatic carbocycles. The van der Waals surface area contributed by atoms with E-state index in [0.29, 0.717) is 19.3 Å². The van der Waals surface area contributed by atoms with Gasteiger partial charge in [-0.15, -0.1) is 0 Å². The Morgan fingerprint density at radius 3 is 2.50 bits per heavy atom. The molecule has 2 fully saturated rings. The minimum absolute atomic E-state index is 0.0733. The van der Waals surface area contributed by atoms with Gasteiger partial charge in [0.25, 0.3) is 0 Å². The number of aliphatic hydroxyl groups excluding tert-OH is 1. The van der Waals surface area contributed by atoms with Crippen LogP contribution in [0.2, 0.25) is 0 Å². The molecule has 0 aromatic carbocycles. The Bertz CT molecular complexity index is 401. The van der Waals surface area contributed by atoms with Crippen LogP contribution in [0.15, 0.2) is 0 Å². The number of ether oxygens (including phenoxy) is 1. The van der Waals surface area contributed by atoms with Crippen molar-refractivity contribution in [3.63, 3.8) is 0 Å². The predicted octanol–water partition coefficient (Wildman–Crippen LogP) is 1.92. The normalized spacial score (nSPS) is 46.1. The van der Waals surface area contributed by atoms with Crippen molar-refractivity contribution in [2.75, 3.05) is 7.11 Å². The van der Waals surface area contributed by atoms with Gasteiger partial charge in [-0.3, -0.25) is 4.79 Å². The molecule has 2 N–H and O–H groups in total. The van der Waals surface area contributed by atoms with Crippen LogP contribution in [0, 0.1) is 17.3 Å². The summed E-state index contributed by atoms with van der Waals surface area (Å²) >= 11 is 0. The molecule has 0 bridgehead atoms. The van der Waals surface area contributed by atoms with Gasteiger partial charge in [0.05, 0.1) is 17.3 Å². The first-order valence-corrected chi connectivity index (χ1v) is 7.53. The molecular weight excluding hydrogens is 256 g/mol. The van der Waals surface area contributed by atoms with Gasteiger partial charge in [0.2, 0.25) is 0 Å². The maximum absolute atomic E-state index is 12.5. The van der Waals surface area contributed by atoms with Gasteiger partial charge in [0, 0.05) is 19.4 Å². The van der Waals surface area contributed by atoms with Crippen molar-refractivity contribution in [3.05, 3.63) is 0 Å². The lowest BCUT2D eigenvalue weighted by Crippen LogP contribution is -2.61. The summed E-state index contributed by atoms with van der Waals surface area (Å²) in [5, 5.41) is 20.9. The minimum Gasteiger partial charge on any atom is -0.390 e. The second kappa shape index (κ2) is 4.79. The standard InChI is InChI=1S/C16H28O4/c1-14(2,20-5)10-8-12-15(3,9-11(10)17)7-6-13(18)16(12,4)19/h10,12-13,18-19H,6-9H2,1-5H3/t10-,12+,13+,15+,16-/m1/s1. The van der Waals surface area contributed by atoms with E-state index in [-0.39, 0.29) is 23.0 Å². The van der Waals surface area contributed by atoms with Crippen molar-refractivity contribution in [3.8, 4) is 0 Å². The van der Waals surface area contributed by atoms with Gasteiger partial charge in [0.1, 0.15) is 5.78 Å². The lowest BCUT2D eigenvalue weighted by atomic mass is 9.51. The largest absolute Gasteiger partial charge is 0.390 e. The van der Waals surface area contributed by atoms with Crippen molar-refractivity contribution in [2.24, 2.45) is 17.3 Å². The average molecular weight is 284 g/mol. The molecule has 2 saturated carbocycles. The molecule has 4 nitrogen and oxygen atoms in total. The van der Waals surface area contributed by atoms with E-state index in [4.69, 9.17) is 4.74 Å². The second-order valence-corrected chi connectivity index (χ2v) is 7.73. The number of carbonyl (C=O) groups excluding carboxylic acids is 1. The monoisotopic (exact) mass is 284 g/mol. The average Bonchev–Trinajstić information content (AvgIpc) is 2.33. The molecule has 0 aliphatic heterocycles. The Labute approximate surface area is 121 Å². The highest BCUT2D eigenvalue weighted by Gasteiger charge is 2.58. The van der Waals surface area contributed by atoms with E-state index in [0.717, 1.165) is 6.42 Å². The molecule has 2 aliphatic rings. The van der Waals surface area contributed by atoms with E-state index in [9.17, 15) is 15.0 Å². The lowest BCUT2D eigenvalue weighted by Gasteiger charge is -2.56. The Morgan fingerprint density at radius 2 is 1.95 bits per heavy atom. The third kappa shape index (κ3) is 2.32. The van der Waals surface area contributed by atoms with Crippen molar-refractivity contribution >= 4 is 5.78 Å². The van der Waals surface area contributed by atoms with Gasteiger partial charge in [0.15, 0.2) is 0 Å². The zero-order valence-electron chi connectivity index (χ0n) is 13.3. The Hall–Kier alpha value is -0.450. The SMILES string of the molecule is COC(C)(C)[C@@H]1C[C@H]2[C@@](C)(CC[C@H](O)[C@]2(C)O)CC1=O. The Balaban J connectivity index is 2.34. The van der Waals surface area contributed by atoms with Gasteiger partial charge in [-0.05, 0) is 51.4 Å². The molecular formula is C16H28O4. The van der Waals surface area contributed by atoms with Crippen LogP contribution in [0.5, 0.6) is 0 Å². The number of aliphatic hydroxyl groups is 2. The summed E-state index contributed by atoms with van der Waals surface area (Å²) in [5.41, 5.74) is -1.87. The summed E-state index contributed by atoms with van der Waals surface area (Å²) in [6.07, 6.45) is 1.70. The van der Waals surface area contributed by atoms with Gasteiger partial charge in [-0.1, -0.05) is 6.92 Å². The summed E-state index contributed by atoms with van der Waals surface area (Å²) in [4.78, 5) is 12.5. The van der Waals surface area contributed by atoms with E-state index >= 15 is 0 Å². The van der Waals surface area contributed by atoms with Crippen molar-refractivity contribution in [2.45, 2.75) is 70.7 Å². The van der Waals surface area contributed by atoms with Gasteiger partial charge < -0.3 is 14.9 Å². The van der Waals surface area contributed by atoms with E-state index in [1.807, 2.05) is 13.8 Å². The highest BCUT2D eigenvalue weighted by atomic mass is 16.5. The number of carbonyl (C=O) groups is 1. The fourth-order valence-electron chi connectivity index (χ4n) is 4.31. The van der Waals surface area contributed by atoms with Crippen LogP contribution in [0.25, 0.3) is 0 Å². The van der Waals surface area contributed by atoms with Crippen molar-refractivity contribution in [1.82, 2.24) is 0 Å². The first-order valence-electron chi connectivity index (χ1n) is 7.53. The summed E-state index contributed by atoms with van der Waals surface area (Å²) in [7, 11) is 1.62. The molecule has 0 radical (unpaired) electrons. The van der Waals surface area contributed by atoms with E-state index < -0.39 is 17.3 Å². The van der Waals surface area contributed by atoms with E-state index in [2.05, 4.69) is 6.92 Å². The third-order valence-electron chi connectivity index (χ3n) is 6.01. The van der Waals surface area contributed by atoms with E-state index in [1.165, 1.54) is 0 Å². The molecule has 116 valence electrons. The molecule has 0 aromatic heterocycles. The number of fused-ring (bicyclic) bond motifs is 1. The summed E-state index contributed by atoms with van der Waals surface area (Å²) in [6.45, 7) is 7.64. The van der Waals surface area contributed by atoms with Crippen LogP contribution in [0.1, 0.15) is 53.4 Å². The summed E-state index contributed by atoms with van der Waals surface area (Å²) < 4.78 is 5.49. The van der Waals surface area contributed by atoms with Crippen LogP contribution in [0.3, 0.4) is 0 Å². The molecule has 4 heteroatoms. The van der Waals surface area contributed by atoms with Gasteiger partial charge in [-0.25, -0.2) is 0 Å². The van der Waals surface area contributed by atoms with Crippen LogP contribution in [0.4, 0.5) is 0 Å². The van der Waals surface area contributed by atoms with Crippen LogP contribution in [-0.4, -0.2) is 40.4 Å². The number of rotatable bonds is 2. The molecule has 0 heterocycles. The molecule has 0 saturated heterocycles. The third-order valence-corrected chi connectivity index (χ3v) is 6.01. The Kier molecular flexibility index (Phi) is 3.81. The molecule has 0 spiro atoms. The zero-order valence-corrected chi connectivity index (χ0v) is 13.3. The van der Waals surface area contributed by atoms with Gasteiger partial charge in [-0.2, -0.15) is 0 Å². The maximum Gasteiger partial charge on any atom is 0.139 e. The Morgan fingerprint density at radius 1 is 1.35 bits per heavy atom. The molecule has 0 amide bonds. The van der Waals surface area contributed by atoms with Crippen LogP contribution in [-0.2, 0) is 9.53 Å². The number of hydrogen-bond acceptors (Lipinski definition) is 4. The first-order chi connectivity index (χ1) is 9.04. The second-order valence-electron chi connectivity index (χ2n) is 7.73. The lowest BCUT2D eigenvalue weighted by molar-refractivity contribution is -0.196. The maximum atomic E-state index is 12.5. The fourth-order valence-corrected chi connectivity index (χ4v) is 4.31. The highest BCUT2D eigenvalue weighted by molar-refractivity contribution is 5.83. The molecule has 20 heavy (non-hydrogen) atoms. The topological polar surface area (TPSA) is 66.8 Å². The minimum atomic E-state index is -1.13. The molecule has 2 rings (SSSR count). The van der Waals surface area contributed by atoms with Crippen LogP contribution >= 0.6 is 0 Å². The zero-order chi connectivity index (χ0) is 15.3. The van der Waals surface area contributed by atoms with Gasteiger partial charge >= 0.3 is 0 Å².